The van der Waals surface area contributed by atoms with Crippen molar-refractivity contribution in [2.24, 2.45) is 0 Å². The molecule has 0 spiro atoms. The molecule has 0 fully saturated rings. The molecule has 21 heavy (non-hydrogen) atoms. The van der Waals surface area contributed by atoms with Gasteiger partial charge in [0.05, 0.1) is 17.3 Å². The molecule has 0 unspecified atom stereocenters. The first-order chi connectivity index (χ1) is 10.0. The predicted octanol–water partition coefficient (Wildman–Crippen LogP) is 2.31. The fourth-order valence-corrected chi connectivity index (χ4v) is 3.40. The Morgan fingerprint density at radius 2 is 2.19 bits per heavy atom. The van der Waals surface area contributed by atoms with Crippen LogP contribution in [0.15, 0.2) is 15.2 Å². The normalized spacial score (nSPS) is 10.6. The second-order valence-electron chi connectivity index (χ2n) is 4.21. The molecule has 0 atom stereocenters. The molecule has 0 aliphatic heterocycles. The molecule has 0 saturated heterocycles. The Kier molecular flexibility index (Phi) is 5.13. The van der Waals surface area contributed by atoms with Crippen molar-refractivity contribution in [3.8, 4) is 0 Å². The van der Waals surface area contributed by atoms with Gasteiger partial charge in [-0.1, -0.05) is 11.8 Å². The van der Waals surface area contributed by atoms with Gasteiger partial charge in [0.25, 0.3) is 0 Å². The Bertz CT molecular complexity index is 709. The number of ether oxygens (including phenoxy) is 1. The zero-order chi connectivity index (χ0) is 15.4. The number of carbonyl (C=O) groups excluding carboxylic acids is 1. The Balaban J connectivity index is 2.28. The molecular formula is C13H15N3O3S2. The van der Waals surface area contributed by atoms with Crippen LogP contribution < -0.4 is 5.69 Å². The zero-order valence-corrected chi connectivity index (χ0v) is 13.6. The van der Waals surface area contributed by atoms with Crippen molar-refractivity contribution in [1.29, 1.82) is 0 Å². The van der Waals surface area contributed by atoms with E-state index in [1.165, 1.54) is 11.8 Å². The lowest BCUT2D eigenvalue weighted by Gasteiger charge is -2.09. The van der Waals surface area contributed by atoms with Crippen molar-refractivity contribution in [2.75, 3.05) is 6.61 Å². The van der Waals surface area contributed by atoms with Gasteiger partial charge in [-0.05, 0) is 20.8 Å². The van der Waals surface area contributed by atoms with Crippen molar-refractivity contribution >= 4 is 29.1 Å². The van der Waals surface area contributed by atoms with Crippen LogP contribution in [-0.4, -0.2) is 27.5 Å². The van der Waals surface area contributed by atoms with Gasteiger partial charge >= 0.3 is 11.7 Å². The van der Waals surface area contributed by atoms with Gasteiger partial charge in [-0.3, -0.25) is 0 Å². The second kappa shape index (κ2) is 6.86. The van der Waals surface area contributed by atoms with Gasteiger partial charge in [0.15, 0.2) is 0 Å². The summed E-state index contributed by atoms with van der Waals surface area (Å²) >= 11 is 2.87. The van der Waals surface area contributed by atoms with Crippen molar-refractivity contribution in [1.82, 2.24) is 15.0 Å². The number of esters is 1. The molecule has 6 nitrogen and oxygen atoms in total. The van der Waals surface area contributed by atoms with Crippen LogP contribution in [0.1, 0.15) is 33.7 Å². The van der Waals surface area contributed by atoms with E-state index in [-0.39, 0.29) is 6.61 Å². The maximum absolute atomic E-state index is 12.0. The van der Waals surface area contributed by atoms with E-state index >= 15 is 0 Å². The molecule has 2 heterocycles. The van der Waals surface area contributed by atoms with Gasteiger partial charge in [0, 0.05) is 16.8 Å². The van der Waals surface area contributed by atoms with E-state index in [4.69, 9.17) is 4.74 Å². The lowest BCUT2D eigenvalue weighted by atomic mass is 10.2. The highest BCUT2D eigenvalue weighted by molar-refractivity contribution is 7.98. The number of aryl methyl sites for hydroxylation is 2. The quantitative estimate of drug-likeness (QED) is 0.516. The number of hydrogen-bond acceptors (Lipinski definition) is 7. The Morgan fingerprint density at radius 1 is 1.43 bits per heavy atom. The third kappa shape index (κ3) is 3.92. The highest BCUT2D eigenvalue weighted by Gasteiger charge is 2.19. The van der Waals surface area contributed by atoms with E-state index in [0.717, 1.165) is 10.7 Å². The van der Waals surface area contributed by atoms with E-state index in [1.54, 1.807) is 25.2 Å². The summed E-state index contributed by atoms with van der Waals surface area (Å²) in [5.74, 6) is 0.0721. The number of aromatic nitrogens is 3. The molecule has 0 radical (unpaired) electrons. The van der Waals surface area contributed by atoms with Crippen LogP contribution in [0.4, 0.5) is 0 Å². The van der Waals surface area contributed by atoms with Crippen LogP contribution in [0.3, 0.4) is 0 Å². The van der Waals surface area contributed by atoms with Crippen molar-refractivity contribution < 1.29 is 9.53 Å². The SMILES string of the molecule is CCOC(=O)c1c(SCc2csc(C)n2)nc(=O)[nH]c1C. The molecule has 2 aromatic heterocycles. The lowest BCUT2D eigenvalue weighted by molar-refractivity contribution is 0.0519. The molecule has 1 N–H and O–H groups in total. The van der Waals surface area contributed by atoms with Crippen LogP contribution >= 0.6 is 23.1 Å². The third-order valence-corrected chi connectivity index (χ3v) is 4.42. The van der Waals surface area contributed by atoms with E-state index in [2.05, 4.69) is 15.0 Å². The predicted molar refractivity (Wildman–Crippen MR) is 82.0 cm³/mol. The summed E-state index contributed by atoms with van der Waals surface area (Å²) in [6.45, 7) is 5.59. The molecule has 0 bridgehead atoms. The minimum absolute atomic E-state index is 0.271. The first-order valence-corrected chi connectivity index (χ1v) is 8.19. The average Bonchev–Trinajstić information content (AvgIpc) is 2.81. The molecule has 0 saturated carbocycles. The van der Waals surface area contributed by atoms with Gasteiger partial charge < -0.3 is 9.72 Å². The molecule has 0 amide bonds. The highest BCUT2D eigenvalue weighted by atomic mass is 32.2. The number of thioether (sulfide) groups is 1. The summed E-state index contributed by atoms with van der Waals surface area (Å²) in [5.41, 5.74) is 1.20. The van der Waals surface area contributed by atoms with Crippen LogP contribution in [0.25, 0.3) is 0 Å². The molecular weight excluding hydrogens is 310 g/mol. The van der Waals surface area contributed by atoms with Gasteiger partial charge in [0.2, 0.25) is 0 Å². The van der Waals surface area contributed by atoms with Gasteiger partial charge in [-0.15, -0.1) is 11.3 Å². The molecule has 2 aromatic rings. The Hall–Kier alpha value is -1.67. The highest BCUT2D eigenvalue weighted by Crippen LogP contribution is 2.25. The number of nitrogens with one attached hydrogen (secondary N) is 1. The van der Waals surface area contributed by atoms with Gasteiger partial charge in [0.1, 0.15) is 10.6 Å². The molecule has 0 aliphatic rings. The van der Waals surface area contributed by atoms with Gasteiger partial charge in [-0.2, -0.15) is 4.98 Å². The van der Waals surface area contributed by atoms with Crippen LogP contribution in [0.5, 0.6) is 0 Å². The zero-order valence-electron chi connectivity index (χ0n) is 11.9. The summed E-state index contributed by atoms with van der Waals surface area (Å²) < 4.78 is 5.02. The number of H-pyrrole nitrogens is 1. The minimum Gasteiger partial charge on any atom is -0.462 e. The first-order valence-electron chi connectivity index (χ1n) is 6.33. The maximum Gasteiger partial charge on any atom is 0.346 e. The van der Waals surface area contributed by atoms with Crippen LogP contribution in [0, 0.1) is 13.8 Å². The smallest absolute Gasteiger partial charge is 0.346 e. The first kappa shape index (κ1) is 15.7. The van der Waals surface area contributed by atoms with Crippen LogP contribution in [-0.2, 0) is 10.5 Å². The lowest BCUT2D eigenvalue weighted by Crippen LogP contribution is -2.19. The van der Waals surface area contributed by atoms with E-state index in [9.17, 15) is 9.59 Å². The van der Waals surface area contributed by atoms with Crippen molar-refractivity contribution in [3.63, 3.8) is 0 Å². The minimum atomic E-state index is -0.476. The summed E-state index contributed by atoms with van der Waals surface area (Å²) in [6.07, 6.45) is 0. The van der Waals surface area contributed by atoms with Crippen molar-refractivity contribution in [3.05, 3.63) is 37.8 Å². The van der Waals surface area contributed by atoms with Gasteiger partial charge in [-0.25, -0.2) is 14.6 Å². The van der Waals surface area contributed by atoms with Crippen molar-refractivity contribution in [2.45, 2.75) is 31.6 Å². The van der Waals surface area contributed by atoms with E-state index < -0.39 is 11.7 Å². The Morgan fingerprint density at radius 3 is 2.81 bits per heavy atom. The molecule has 8 heteroatoms. The number of rotatable bonds is 5. The summed E-state index contributed by atoms with van der Waals surface area (Å²) in [5, 5.41) is 3.30. The standard InChI is InChI=1S/C13H15N3O3S2/c1-4-19-12(17)10-7(2)14-13(18)16-11(10)21-6-9-5-20-8(3)15-9/h5H,4,6H2,1-3H3,(H,14,16,18). The summed E-state index contributed by atoms with van der Waals surface area (Å²) in [4.78, 5) is 34.3. The third-order valence-electron chi connectivity index (χ3n) is 2.59. The number of nitrogens with zero attached hydrogens (tertiary/aromatic N) is 2. The number of hydrogen-bond donors (Lipinski definition) is 1. The summed E-state index contributed by atoms with van der Waals surface area (Å²) in [6, 6.07) is 0. The Labute approximate surface area is 130 Å². The fourth-order valence-electron chi connectivity index (χ4n) is 1.72. The number of thiazole rings is 1. The largest absolute Gasteiger partial charge is 0.462 e. The molecule has 0 aliphatic carbocycles. The molecule has 112 valence electrons. The topological polar surface area (TPSA) is 84.9 Å². The average molecular weight is 325 g/mol. The van der Waals surface area contributed by atoms with Crippen LogP contribution in [0.2, 0.25) is 0 Å². The molecule has 0 aromatic carbocycles. The van der Waals surface area contributed by atoms with E-state index in [0.29, 0.717) is 22.0 Å². The fraction of sp³-hybridized carbons (Fsp3) is 0.385. The maximum atomic E-state index is 12.0. The number of aromatic amines is 1. The molecule has 2 rings (SSSR count). The number of carbonyl (C=O) groups is 1. The summed E-state index contributed by atoms with van der Waals surface area (Å²) in [7, 11) is 0. The van der Waals surface area contributed by atoms with E-state index in [1.807, 2.05) is 12.3 Å². The monoisotopic (exact) mass is 325 g/mol. The second-order valence-corrected chi connectivity index (χ2v) is 6.24.